The van der Waals surface area contributed by atoms with Crippen molar-refractivity contribution in [3.63, 3.8) is 0 Å². The Morgan fingerprint density at radius 2 is 2.00 bits per heavy atom. The van der Waals surface area contributed by atoms with Gasteiger partial charge in [-0.05, 0) is 65.1 Å². The first-order chi connectivity index (χ1) is 9.69. The Morgan fingerprint density at radius 1 is 1.29 bits per heavy atom. The maximum Gasteiger partial charge on any atom is 0.191 e. The van der Waals surface area contributed by atoms with Gasteiger partial charge in [-0.2, -0.15) is 0 Å². The van der Waals surface area contributed by atoms with E-state index in [4.69, 9.17) is 4.43 Å². The van der Waals surface area contributed by atoms with Crippen molar-refractivity contribution in [1.29, 1.82) is 0 Å². The van der Waals surface area contributed by atoms with Gasteiger partial charge in [0.1, 0.15) is 4.60 Å². The third-order valence-corrected chi connectivity index (χ3v) is 9.34. The fourth-order valence-electron chi connectivity index (χ4n) is 1.98. The number of halogens is 1. The van der Waals surface area contributed by atoms with Crippen LogP contribution in [0.2, 0.25) is 18.1 Å². The van der Waals surface area contributed by atoms with Crippen molar-refractivity contribution >= 4 is 35.3 Å². The highest BCUT2D eigenvalue weighted by atomic mass is 79.9. The number of aryl methyl sites for hydroxylation is 1. The van der Waals surface area contributed by atoms with Crippen LogP contribution in [0, 0.1) is 0 Å². The fourth-order valence-corrected chi connectivity index (χ4v) is 3.39. The molecule has 0 fully saturated rings. The first kappa shape index (κ1) is 16.7. The minimum atomic E-state index is -1.61. The van der Waals surface area contributed by atoms with Crippen molar-refractivity contribution in [1.82, 2.24) is 9.97 Å². The number of aromatic nitrogens is 2. The molecule has 2 aromatic heterocycles. The van der Waals surface area contributed by atoms with Gasteiger partial charge >= 0.3 is 0 Å². The molecule has 0 aliphatic carbocycles. The van der Waals surface area contributed by atoms with Crippen LogP contribution in [-0.2, 0) is 10.8 Å². The van der Waals surface area contributed by atoms with Gasteiger partial charge in [-0.3, -0.25) is 0 Å². The van der Waals surface area contributed by atoms with Crippen molar-refractivity contribution in [2.45, 2.75) is 51.7 Å². The molecule has 0 aromatic carbocycles. The van der Waals surface area contributed by atoms with Crippen LogP contribution in [0.15, 0.2) is 22.8 Å². The zero-order valence-electron chi connectivity index (χ0n) is 13.6. The van der Waals surface area contributed by atoms with Crippen molar-refractivity contribution in [2.24, 2.45) is 0 Å². The predicted molar refractivity (Wildman–Crippen MR) is 95.3 cm³/mol. The monoisotopic (exact) mass is 368 g/mol. The molecule has 0 atom stereocenters. The van der Waals surface area contributed by atoms with Crippen LogP contribution in [-0.4, -0.2) is 24.9 Å². The van der Waals surface area contributed by atoms with Crippen LogP contribution in [0.5, 0.6) is 0 Å². The lowest BCUT2D eigenvalue weighted by Crippen LogP contribution is -2.41. The molecule has 0 saturated heterocycles. The van der Waals surface area contributed by atoms with Crippen LogP contribution in [0.4, 0.5) is 0 Å². The second-order valence-electron chi connectivity index (χ2n) is 7.07. The summed E-state index contributed by atoms with van der Waals surface area (Å²) in [6, 6.07) is 6.15. The molecule has 0 spiro atoms. The topological polar surface area (TPSA) is 37.9 Å². The average molecular weight is 369 g/mol. The van der Waals surface area contributed by atoms with Gasteiger partial charge in [-0.1, -0.05) is 20.8 Å². The number of hydrogen-bond acceptors (Lipinski definition) is 2. The Bertz CT molecular complexity index is 616. The SMILES string of the molecule is CC(C)(C)[Si](C)(C)OCCCc1cc2nc(Br)ccc2[nH]1. The van der Waals surface area contributed by atoms with Gasteiger partial charge in [0.05, 0.1) is 11.0 Å². The van der Waals surface area contributed by atoms with Gasteiger partial charge in [0.15, 0.2) is 8.32 Å². The standard InChI is InChI=1S/C16H25BrN2OSi/c1-16(2,3)21(4,5)20-10-6-7-12-11-14-13(18-12)8-9-15(17)19-14/h8-9,11,18H,6-7,10H2,1-5H3. The summed E-state index contributed by atoms with van der Waals surface area (Å²) in [5.74, 6) is 0. The molecule has 5 heteroatoms. The van der Waals surface area contributed by atoms with Gasteiger partial charge in [-0.15, -0.1) is 0 Å². The van der Waals surface area contributed by atoms with Crippen LogP contribution >= 0.6 is 15.9 Å². The van der Waals surface area contributed by atoms with E-state index >= 15 is 0 Å². The zero-order chi connectivity index (χ0) is 15.7. The average Bonchev–Trinajstić information content (AvgIpc) is 2.75. The number of rotatable bonds is 5. The highest BCUT2D eigenvalue weighted by molar-refractivity contribution is 9.10. The molecule has 0 aliphatic rings. The first-order valence-electron chi connectivity index (χ1n) is 7.47. The molecule has 2 heterocycles. The molecule has 0 bridgehead atoms. The number of hydrogen-bond donors (Lipinski definition) is 1. The molecule has 0 radical (unpaired) electrons. The summed E-state index contributed by atoms with van der Waals surface area (Å²) in [5.41, 5.74) is 3.35. The molecule has 3 nitrogen and oxygen atoms in total. The molecule has 2 rings (SSSR count). The number of nitrogens with zero attached hydrogens (tertiary/aromatic N) is 1. The molecule has 2 aromatic rings. The summed E-state index contributed by atoms with van der Waals surface area (Å²) in [6.07, 6.45) is 2.04. The van der Waals surface area contributed by atoms with Gasteiger partial charge in [0, 0.05) is 12.3 Å². The van der Waals surface area contributed by atoms with Crippen LogP contribution < -0.4 is 0 Å². The summed E-state index contributed by atoms with van der Waals surface area (Å²) in [4.78, 5) is 7.88. The van der Waals surface area contributed by atoms with E-state index in [-0.39, 0.29) is 5.04 Å². The summed E-state index contributed by atoms with van der Waals surface area (Å²) in [7, 11) is -1.61. The Hall–Kier alpha value is -0.653. The molecule has 21 heavy (non-hydrogen) atoms. The zero-order valence-corrected chi connectivity index (χ0v) is 16.2. The van der Waals surface area contributed by atoms with Gasteiger partial charge in [0.2, 0.25) is 0 Å². The smallest absolute Gasteiger partial charge is 0.191 e. The van der Waals surface area contributed by atoms with Crippen molar-refractivity contribution < 1.29 is 4.43 Å². The Balaban J connectivity index is 1.88. The molecule has 1 N–H and O–H groups in total. The van der Waals surface area contributed by atoms with Crippen molar-refractivity contribution in [3.8, 4) is 0 Å². The highest BCUT2D eigenvalue weighted by Gasteiger charge is 2.36. The number of nitrogens with one attached hydrogen (secondary N) is 1. The van der Waals surface area contributed by atoms with Crippen molar-refractivity contribution in [2.75, 3.05) is 6.61 Å². The third-order valence-electron chi connectivity index (χ3n) is 4.36. The maximum atomic E-state index is 6.21. The highest BCUT2D eigenvalue weighted by Crippen LogP contribution is 2.36. The molecule has 0 unspecified atom stereocenters. The van der Waals surface area contributed by atoms with E-state index in [0.29, 0.717) is 0 Å². The van der Waals surface area contributed by atoms with E-state index < -0.39 is 8.32 Å². The molecule has 116 valence electrons. The largest absolute Gasteiger partial charge is 0.417 e. The lowest BCUT2D eigenvalue weighted by Gasteiger charge is -2.36. The van der Waals surface area contributed by atoms with E-state index in [0.717, 1.165) is 35.1 Å². The fraction of sp³-hybridized carbons (Fsp3) is 0.562. The number of aromatic amines is 1. The Labute approximate surface area is 136 Å². The van der Waals surface area contributed by atoms with E-state index in [1.54, 1.807) is 0 Å². The normalized spacial score (nSPS) is 13.0. The maximum absolute atomic E-state index is 6.21. The van der Waals surface area contributed by atoms with E-state index in [2.05, 4.69) is 71.9 Å². The van der Waals surface area contributed by atoms with Crippen LogP contribution in [0.25, 0.3) is 11.0 Å². The molecule has 0 aliphatic heterocycles. The lowest BCUT2D eigenvalue weighted by atomic mass is 10.2. The Morgan fingerprint density at radius 3 is 2.67 bits per heavy atom. The number of fused-ring (bicyclic) bond motifs is 1. The number of pyridine rings is 1. The molecular weight excluding hydrogens is 344 g/mol. The molecular formula is C16H25BrN2OSi. The minimum Gasteiger partial charge on any atom is -0.417 e. The summed E-state index contributed by atoms with van der Waals surface area (Å²) >= 11 is 3.41. The summed E-state index contributed by atoms with van der Waals surface area (Å²) in [5, 5.41) is 0.282. The quantitative estimate of drug-likeness (QED) is 0.442. The Kier molecular flexibility index (Phi) is 4.95. The van der Waals surface area contributed by atoms with E-state index in [9.17, 15) is 0 Å². The van der Waals surface area contributed by atoms with Crippen LogP contribution in [0.1, 0.15) is 32.9 Å². The first-order valence-corrected chi connectivity index (χ1v) is 11.2. The van der Waals surface area contributed by atoms with Gasteiger partial charge < -0.3 is 9.41 Å². The predicted octanol–water partition coefficient (Wildman–Crippen LogP) is 5.28. The lowest BCUT2D eigenvalue weighted by molar-refractivity contribution is 0.282. The summed E-state index contributed by atoms with van der Waals surface area (Å²) < 4.78 is 7.09. The molecule has 0 amide bonds. The minimum absolute atomic E-state index is 0.282. The van der Waals surface area contributed by atoms with Crippen molar-refractivity contribution in [3.05, 3.63) is 28.5 Å². The molecule has 0 saturated carbocycles. The van der Waals surface area contributed by atoms with Gasteiger partial charge in [-0.25, -0.2) is 4.98 Å². The summed E-state index contributed by atoms with van der Waals surface area (Å²) in [6.45, 7) is 12.3. The number of H-pyrrole nitrogens is 1. The third kappa shape index (κ3) is 4.17. The van der Waals surface area contributed by atoms with Gasteiger partial charge in [0.25, 0.3) is 0 Å². The second-order valence-corrected chi connectivity index (χ2v) is 12.7. The second kappa shape index (κ2) is 6.22. The van der Waals surface area contributed by atoms with Crippen LogP contribution in [0.3, 0.4) is 0 Å². The van der Waals surface area contributed by atoms with E-state index in [1.165, 1.54) is 5.69 Å². The van der Waals surface area contributed by atoms with E-state index in [1.807, 2.05) is 6.07 Å².